The van der Waals surface area contributed by atoms with Crippen LogP contribution in [0, 0.1) is 0 Å². The number of nitrogen functional groups attached to an aromatic ring is 1. The van der Waals surface area contributed by atoms with Gasteiger partial charge < -0.3 is 5.73 Å². The summed E-state index contributed by atoms with van der Waals surface area (Å²) in [7, 11) is 0. The van der Waals surface area contributed by atoms with E-state index in [2.05, 4.69) is 20.6 Å². The van der Waals surface area contributed by atoms with E-state index in [1.54, 1.807) is 0 Å². The number of nitrogens with two attached hydrogens (primary N) is 1. The van der Waals surface area contributed by atoms with Gasteiger partial charge in [-0.1, -0.05) is 12.1 Å². The Labute approximate surface area is 135 Å². The number of carbonyl (C=O) groups is 2. The summed E-state index contributed by atoms with van der Waals surface area (Å²) in [6, 6.07) is 11.5. The minimum atomic E-state index is -0.729. The molecule has 0 radical (unpaired) electrons. The highest BCUT2D eigenvalue weighted by Gasteiger charge is 2.21. The number of benzene rings is 1. The Hall–Kier alpha value is -2.87. The van der Waals surface area contributed by atoms with E-state index in [0.717, 1.165) is 27.4 Å². The van der Waals surface area contributed by atoms with Gasteiger partial charge in [-0.15, -0.1) is 21.5 Å². The first-order chi connectivity index (χ1) is 11.1. The van der Waals surface area contributed by atoms with Gasteiger partial charge >= 0.3 is 0 Å². The molecule has 1 aromatic carbocycles. The molecule has 0 fully saturated rings. The van der Waals surface area contributed by atoms with Crippen LogP contribution in [0.25, 0.3) is 0 Å². The van der Waals surface area contributed by atoms with E-state index in [4.69, 9.17) is 5.73 Å². The molecule has 8 heteroatoms. The lowest BCUT2D eigenvalue weighted by Crippen LogP contribution is -2.17. The van der Waals surface area contributed by atoms with Crippen LogP contribution in [0.15, 0.2) is 36.4 Å². The molecule has 3 rings (SSSR count). The summed E-state index contributed by atoms with van der Waals surface area (Å²) in [5, 5.41) is 12.5. The summed E-state index contributed by atoms with van der Waals surface area (Å²) in [6.45, 7) is 0. The first-order valence-corrected chi connectivity index (χ1v) is 7.66. The molecule has 116 valence electrons. The maximum absolute atomic E-state index is 11.9. The maximum Gasteiger partial charge on any atom is 0.269 e. The Bertz CT molecular complexity index is 824. The number of Topliss-reactive ketones (excluding diaryl/α,β-unsaturated/α-hetero) is 2. The number of aromatic nitrogens is 4. The highest BCUT2D eigenvalue weighted by molar-refractivity contribution is 7.12. The minimum absolute atomic E-state index is 0.0414. The molecule has 0 aliphatic rings. The molecule has 0 aliphatic heterocycles. The van der Waals surface area contributed by atoms with Gasteiger partial charge in [0.25, 0.3) is 5.78 Å². The Balaban J connectivity index is 1.64. The molecule has 23 heavy (non-hydrogen) atoms. The highest BCUT2D eigenvalue weighted by Crippen LogP contribution is 2.21. The summed E-state index contributed by atoms with van der Waals surface area (Å²) in [5.41, 5.74) is 7.53. The molecule has 2 heterocycles. The van der Waals surface area contributed by atoms with Crippen molar-refractivity contribution in [3.05, 3.63) is 57.5 Å². The van der Waals surface area contributed by atoms with Crippen molar-refractivity contribution in [3.63, 3.8) is 0 Å². The first-order valence-electron chi connectivity index (χ1n) is 6.85. The molecule has 7 nitrogen and oxygen atoms in total. The molecular formula is C15H13N5O2S. The van der Waals surface area contributed by atoms with Crippen LogP contribution in [0.3, 0.4) is 0 Å². The number of nitrogens with one attached hydrogen (secondary N) is 1. The lowest BCUT2D eigenvalue weighted by atomic mass is 10.1. The van der Waals surface area contributed by atoms with Crippen LogP contribution >= 0.6 is 11.3 Å². The number of hydrogen-bond acceptors (Lipinski definition) is 7. The zero-order chi connectivity index (χ0) is 16.2. The first kappa shape index (κ1) is 15.0. The van der Waals surface area contributed by atoms with E-state index in [0.29, 0.717) is 0 Å². The van der Waals surface area contributed by atoms with Gasteiger partial charge in [0, 0.05) is 28.3 Å². The van der Waals surface area contributed by atoms with Crippen LogP contribution in [-0.4, -0.2) is 32.2 Å². The summed E-state index contributed by atoms with van der Waals surface area (Å²) in [4.78, 5) is 25.7. The van der Waals surface area contributed by atoms with Gasteiger partial charge in [-0.2, -0.15) is 5.21 Å². The normalized spacial score (nSPS) is 10.6. The lowest BCUT2D eigenvalue weighted by Gasteiger charge is -1.99. The van der Waals surface area contributed by atoms with E-state index in [1.165, 1.54) is 11.3 Å². The fourth-order valence-electron chi connectivity index (χ4n) is 2.07. The SMILES string of the molecule is Nc1ccc(Cc2ccc(CC(=O)C(=O)c3nn[nH]n3)s2)cc1. The van der Waals surface area contributed by atoms with Crippen molar-refractivity contribution in [3.8, 4) is 0 Å². The van der Waals surface area contributed by atoms with Crippen molar-refractivity contribution in [1.29, 1.82) is 0 Å². The van der Waals surface area contributed by atoms with Crippen molar-refractivity contribution in [1.82, 2.24) is 20.6 Å². The monoisotopic (exact) mass is 327 g/mol. The summed E-state index contributed by atoms with van der Waals surface area (Å²) >= 11 is 1.51. The second-order valence-corrected chi connectivity index (χ2v) is 6.20. The van der Waals surface area contributed by atoms with Crippen molar-refractivity contribution in [2.75, 3.05) is 5.73 Å². The number of H-pyrrole nitrogens is 1. The third-order valence-corrected chi connectivity index (χ3v) is 4.30. The topological polar surface area (TPSA) is 115 Å². The predicted molar refractivity (Wildman–Crippen MR) is 85.2 cm³/mol. The van der Waals surface area contributed by atoms with Gasteiger partial charge in [0.2, 0.25) is 11.6 Å². The second kappa shape index (κ2) is 6.49. The van der Waals surface area contributed by atoms with E-state index < -0.39 is 11.6 Å². The number of anilines is 1. The van der Waals surface area contributed by atoms with Crippen LogP contribution in [0.4, 0.5) is 5.69 Å². The van der Waals surface area contributed by atoms with Crippen LogP contribution in [0.5, 0.6) is 0 Å². The molecule has 0 saturated carbocycles. The molecule has 0 amide bonds. The summed E-state index contributed by atoms with van der Waals surface area (Å²) < 4.78 is 0. The fraction of sp³-hybridized carbons (Fsp3) is 0.133. The lowest BCUT2D eigenvalue weighted by molar-refractivity contribution is -0.114. The van der Waals surface area contributed by atoms with Crippen LogP contribution in [0.1, 0.15) is 25.9 Å². The highest BCUT2D eigenvalue weighted by atomic mass is 32.1. The van der Waals surface area contributed by atoms with Gasteiger partial charge in [-0.05, 0) is 35.0 Å². The molecule has 2 aromatic heterocycles. The molecule has 0 atom stereocenters. The van der Waals surface area contributed by atoms with Crippen molar-refractivity contribution >= 4 is 28.6 Å². The smallest absolute Gasteiger partial charge is 0.269 e. The number of aromatic amines is 1. The van der Waals surface area contributed by atoms with Crippen molar-refractivity contribution in [2.45, 2.75) is 12.8 Å². The Morgan fingerprint density at radius 2 is 1.83 bits per heavy atom. The Morgan fingerprint density at radius 1 is 1.09 bits per heavy atom. The van der Waals surface area contributed by atoms with Crippen molar-refractivity contribution in [2.24, 2.45) is 0 Å². The number of hydrogen-bond donors (Lipinski definition) is 2. The zero-order valence-corrected chi connectivity index (χ0v) is 12.8. The van der Waals surface area contributed by atoms with Crippen LogP contribution < -0.4 is 5.73 Å². The number of ketones is 2. The van der Waals surface area contributed by atoms with E-state index >= 15 is 0 Å². The second-order valence-electron chi connectivity index (χ2n) is 4.95. The van der Waals surface area contributed by atoms with Gasteiger partial charge in [0.15, 0.2) is 0 Å². The largest absolute Gasteiger partial charge is 0.399 e. The number of rotatable bonds is 6. The predicted octanol–water partition coefficient (Wildman–Crippen LogP) is 1.43. The number of tetrazole rings is 1. The Morgan fingerprint density at radius 3 is 2.52 bits per heavy atom. The summed E-state index contributed by atoms with van der Waals surface area (Å²) in [5.74, 6) is -1.48. The third-order valence-electron chi connectivity index (χ3n) is 3.21. The molecule has 3 N–H and O–H groups in total. The average molecular weight is 327 g/mol. The van der Waals surface area contributed by atoms with Gasteiger partial charge in [-0.3, -0.25) is 9.59 Å². The molecule has 3 aromatic rings. The molecule has 0 spiro atoms. The molecule has 0 saturated heterocycles. The quantitative estimate of drug-likeness (QED) is 0.402. The van der Waals surface area contributed by atoms with Gasteiger partial charge in [-0.25, -0.2) is 0 Å². The number of carbonyl (C=O) groups excluding carboxylic acids is 2. The number of thiophene rings is 1. The van der Waals surface area contributed by atoms with Crippen LogP contribution in [-0.2, 0) is 17.6 Å². The average Bonchev–Trinajstić information content (AvgIpc) is 3.21. The van der Waals surface area contributed by atoms with Crippen LogP contribution in [0.2, 0.25) is 0 Å². The van der Waals surface area contributed by atoms with Crippen molar-refractivity contribution < 1.29 is 9.59 Å². The fourth-order valence-corrected chi connectivity index (χ4v) is 3.12. The molecule has 0 bridgehead atoms. The minimum Gasteiger partial charge on any atom is -0.399 e. The van der Waals surface area contributed by atoms with Gasteiger partial charge in [0.05, 0.1) is 0 Å². The third kappa shape index (κ3) is 3.67. The van der Waals surface area contributed by atoms with E-state index in [-0.39, 0.29) is 12.2 Å². The van der Waals surface area contributed by atoms with E-state index in [1.807, 2.05) is 36.4 Å². The molecule has 0 aliphatic carbocycles. The Kier molecular flexibility index (Phi) is 4.24. The van der Waals surface area contributed by atoms with E-state index in [9.17, 15) is 9.59 Å². The zero-order valence-electron chi connectivity index (χ0n) is 12.0. The maximum atomic E-state index is 11.9. The van der Waals surface area contributed by atoms with Gasteiger partial charge in [0.1, 0.15) is 0 Å². The standard InChI is InChI=1S/C15H13N5O2S/c16-10-3-1-9(2-4-10)7-11-5-6-12(23-11)8-13(21)14(22)15-17-19-20-18-15/h1-6H,7-8,16H2,(H,17,18,19,20). The number of nitrogens with zero attached hydrogens (tertiary/aromatic N) is 3. The summed E-state index contributed by atoms with van der Waals surface area (Å²) in [6.07, 6.45) is 0.803. The molecule has 0 unspecified atom stereocenters. The molecular weight excluding hydrogens is 314 g/mol.